The number of aryl methyl sites for hydroxylation is 1. The molecule has 0 aliphatic carbocycles. The predicted octanol–water partition coefficient (Wildman–Crippen LogP) is 0.738. The van der Waals surface area contributed by atoms with Gasteiger partial charge in [0.2, 0.25) is 0 Å². The molecule has 0 aromatic heterocycles. The molecule has 0 amide bonds. The molecule has 0 saturated carbocycles. The number of ketones is 1. The summed E-state index contributed by atoms with van der Waals surface area (Å²) < 4.78 is 4.30. The second-order valence-corrected chi connectivity index (χ2v) is 3.49. The van der Waals surface area contributed by atoms with Crippen LogP contribution in [-0.4, -0.2) is 34.5 Å². The number of nitrogens with zero attached hydrogens (tertiary/aromatic N) is 2. The van der Waals surface area contributed by atoms with E-state index in [9.17, 15) is 14.7 Å². The van der Waals surface area contributed by atoms with Crippen molar-refractivity contribution in [1.82, 2.24) is 0 Å². The van der Waals surface area contributed by atoms with Gasteiger partial charge in [-0.3, -0.25) is 4.79 Å². The van der Waals surface area contributed by atoms with Crippen LogP contribution in [0, 0.1) is 0 Å². The number of benzene rings is 1. The van der Waals surface area contributed by atoms with Gasteiger partial charge in [-0.1, -0.05) is 18.2 Å². The Hall–Kier alpha value is -2.46. The van der Waals surface area contributed by atoms with Gasteiger partial charge in [0.1, 0.15) is 5.75 Å². The van der Waals surface area contributed by atoms with E-state index in [4.69, 9.17) is 5.53 Å². The molecule has 6 heteroatoms. The minimum absolute atomic E-state index is 0.0634. The lowest BCUT2D eigenvalue weighted by Crippen LogP contribution is -2.26. The van der Waals surface area contributed by atoms with Crippen molar-refractivity contribution in [3.63, 3.8) is 0 Å². The minimum atomic E-state index is -0.986. The lowest BCUT2D eigenvalue weighted by Gasteiger charge is -2.01. The van der Waals surface area contributed by atoms with Crippen LogP contribution in [0.1, 0.15) is 12.0 Å². The largest absolute Gasteiger partial charge is 0.508 e. The summed E-state index contributed by atoms with van der Waals surface area (Å²) in [7, 11) is 1.09. The topological polar surface area (TPSA) is 100 Å². The molecule has 1 N–H and O–H groups in total. The predicted molar refractivity (Wildman–Crippen MR) is 62.1 cm³/mol. The molecule has 1 aromatic carbocycles. The number of carbonyl (C=O) groups excluding carboxylic acids is 2. The molecule has 0 radical (unpaired) electrons. The smallest absolute Gasteiger partial charge is 0.441 e. The summed E-state index contributed by atoms with van der Waals surface area (Å²) in [5.74, 6) is -1.56. The molecular weight excluding hydrogens is 236 g/mol. The molecular formula is C12H12N2O4. The van der Waals surface area contributed by atoms with Gasteiger partial charge in [-0.15, -0.1) is 0 Å². The average Bonchev–Trinajstić information content (AvgIpc) is 2.38. The average molecular weight is 248 g/mol. The van der Waals surface area contributed by atoms with Crippen LogP contribution < -0.4 is 0 Å². The van der Waals surface area contributed by atoms with Crippen molar-refractivity contribution in [2.24, 2.45) is 0 Å². The van der Waals surface area contributed by atoms with Crippen LogP contribution in [0.2, 0.25) is 0 Å². The quantitative estimate of drug-likeness (QED) is 0.273. The van der Waals surface area contributed by atoms with E-state index in [-0.39, 0.29) is 18.6 Å². The van der Waals surface area contributed by atoms with Crippen LogP contribution in [0.4, 0.5) is 0 Å². The highest BCUT2D eigenvalue weighted by atomic mass is 16.5. The normalized spacial score (nSPS) is 9.39. The second kappa shape index (κ2) is 6.32. The fraction of sp³-hybridized carbons (Fsp3) is 0.250. The first-order valence-corrected chi connectivity index (χ1v) is 5.20. The second-order valence-electron chi connectivity index (χ2n) is 3.49. The van der Waals surface area contributed by atoms with E-state index in [2.05, 4.69) is 9.53 Å². The zero-order chi connectivity index (χ0) is 13.5. The molecule has 0 saturated heterocycles. The molecule has 0 aliphatic heterocycles. The number of carbonyl (C=O) groups is 2. The molecule has 1 aromatic rings. The lowest BCUT2D eigenvalue weighted by atomic mass is 10.0. The van der Waals surface area contributed by atoms with Crippen LogP contribution >= 0.6 is 0 Å². The summed E-state index contributed by atoms with van der Waals surface area (Å²) in [5, 5.41) is 9.49. The van der Waals surface area contributed by atoms with E-state index >= 15 is 0 Å². The Morgan fingerprint density at radius 1 is 1.39 bits per heavy atom. The standard InChI is InChI=1S/C12H12N2O4/c1-18-12(17)11(14-13)10(16)7-6-8-4-2-3-5-9(8)15/h2-5,15H,6-7H2,1H3. The van der Waals surface area contributed by atoms with Crippen molar-refractivity contribution in [3.05, 3.63) is 35.4 Å². The Morgan fingerprint density at radius 2 is 2.06 bits per heavy atom. The molecule has 0 unspecified atom stereocenters. The van der Waals surface area contributed by atoms with Gasteiger partial charge >= 0.3 is 11.7 Å². The van der Waals surface area contributed by atoms with Crippen molar-refractivity contribution < 1.29 is 24.2 Å². The SMILES string of the molecule is COC(=O)C(=[N+]=[N-])C(=O)CCc1ccccc1O. The molecule has 0 atom stereocenters. The third kappa shape index (κ3) is 3.26. The van der Waals surface area contributed by atoms with E-state index < -0.39 is 17.5 Å². The summed E-state index contributed by atoms with van der Waals surface area (Å²) in [6.07, 6.45) is 0.174. The van der Waals surface area contributed by atoms with Gasteiger partial charge in [-0.2, -0.15) is 4.79 Å². The van der Waals surface area contributed by atoms with Crippen LogP contribution in [0.5, 0.6) is 5.75 Å². The first-order valence-electron chi connectivity index (χ1n) is 5.20. The highest BCUT2D eigenvalue weighted by molar-refractivity contribution is 6.62. The number of para-hydroxylation sites is 1. The monoisotopic (exact) mass is 248 g/mol. The maximum absolute atomic E-state index is 11.6. The molecule has 0 spiro atoms. The maximum atomic E-state index is 11.6. The van der Waals surface area contributed by atoms with Crippen molar-refractivity contribution >= 4 is 17.5 Å². The van der Waals surface area contributed by atoms with Gasteiger partial charge in [0.05, 0.1) is 7.11 Å². The van der Waals surface area contributed by atoms with E-state index in [1.54, 1.807) is 18.2 Å². The number of methoxy groups -OCH3 is 1. The summed E-state index contributed by atoms with van der Waals surface area (Å²) in [6.45, 7) is 0. The number of Topliss-reactive ketones (excluding diaryl/α,β-unsaturated/α-hetero) is 1. The number of hydrogen-bond donors (Lipinski definition) is 1. The van der Waals surface area contributed by atoms with Gasteiger partial charge in [0.15, 0.2) is 0 Å². The number of phenolic OH excluding ortho intramolecular Hbond substituents is 1. The minimum Gasteiger partial charge on any atom is -0.508 e. The molecule has 0 heterocycles. The van der Waals surface area contributed by atoms with E-state index in [0.717, 1.165) is 7.11 Å². The van der Waals surface area contributed by atoms with Crippen molar-refractivity contribution in [1.29, 1.82) is 0 Å². The van der Waals surface area contributed by atoms with Crippen LogP contribution in [0.3, 0.4) is 0 Å². The van der Waals surface area contributed by atoms with Gasteiger partial charge in [-0.25, -0.2) is 4.79 Å². The number of aromatic hydroxyl groups is 1. The maximum Gasteiger partial charge on any atom is 0.441 e. The Morgan fingerprint density at radius 3 is 2.61 bits per heavy atom. The van der Waals surface area contributed by atoms with Crippen LogP contribution in [0.15, 0.2) is 24.3 Å². The van der Waals surface area contributed by atoms with Gasteiger partial charge in [-0.05, 0) is 18.1 Å². The van der Waals surface area contributed by atoms with E-state index in [1.807, 2.05) is 0 Å². The van der Waals surface area contributed by atoms with Gasteiger partial charge in [0.25, 0.3) is 5.78 Å². The Labute approximate surface area is 103 Å². The van der Waals surface area contributed by atoms with E-state index in [0.29, 0.717) is 5.56 Å². The molecule has 0 aliphatic rings. The van der Waals surface area contributed by atoms with Crippen molar-refractivity contribution in [3.8, 4) is 5.75 Å². The van der Waals surface area contributed by atoms with Gasteiger partial charge in [0, 0.05) is 6.42 Å². The van der Waals surface area contributed by atoms with E-state index in [1.165, 1.54) is 6.07 Å². The Kier molecular flexibility index (Phi) is 4.78. The lowest BCUT2D eigenvalue weighted by molar-refractivity contribution is -0.139. The summed E-state index contributed by atoms with van der Waals surface area (Å²) >= 11 is 0. The van der Waals surface area contributed by atoms with Crippen molar-refractivity contribution in [2.45, 2.75) is 12.8 Å². The number of rotatable bonds is 5. The fourth-order valence-electron chi connectivity index (χ4n) is 1.40. The zero-order valence-corrected chi connectivity index (χ0v) is 9.79. The highest BCUT2D eigenvalue weighted by Crippen LogP contribution is 2.17. The fourth-order valence-corrected chi connectivity index (χ4v) is 1.40. The molecule has 6 nitrogen and oxygen atoms in total. The highest BCUT2D eigenvalue weighted by Gasteiger charge is 2.29. The first-order chi connectivity index (χ1) is 8.60. The number of esters is 1. The molecule has 0 fully saturated rings. The molecule has 1 rings (SSSR count). The molecule has 18 heavy (non-hydrogen) atoms. The summed E-state index contributed by atoms with van der Waals surface area (Å²) in [5.41, 5.74) is 8.50. The zero-order valence-electron chi connectivity index (χ0n) is 9.79. The molecule has 0 bridgehead atoms. The van der Waals surface area contributed by atoms with Crippen molar-refractivity contribution in [2.75, 3.05) is 7.11 Å². The van der Waals surface area contributed by atoms with Gasteiger partial charge < -0.3 is 15.4 Å². The van der Waals surface area contributed by atoms with Crippen LogP contribution in [0.25, 0.3) is 5.53 Å². The summed E-state index contributed by atoms with van der Waals surface area (Å²) in [4.78, 5) is 25.3. The number of ether oxygens (including phenoxy) is 1. The van der Waals surface area contributed by atoms with Crippen LogP contribution in [-0.2, 0) is 20.7 Å². The molecule has 94 valence electrons. The first kappa shape index (κ1) is 13.6. The Bertz CT molecular complexity index is 519. The number of hydrogen-bond acceptors (Lipinski definition) is 4. The Balaban J connectivity index is 2.70. The summed E-state index contributed by atoms with van der Waals surface area (Å²) in [6, 6.07) is 6.55. The third-order valence-electron chi connectivity index (χ3n) is 2.36. The number of phenols is 1. The third-order valence-corrected chi connectivity index (χ3v) is 2.36.